The standard InChI is InChI=1S/C12H18N2O/c1-9-3-2-6-14-12(9)11(13)10-4-7-15-8-5-10/h2-3,6,10-11H,4-5,7-8,13H2,1H3. The van der Waals surface area contributed by atoms with Crippen LogP contribution in [0.1, 0.15) is 30.1 Å². The second kappa shape index (κ2) is 4.73. The highest BCUT2D eigenvalue weighted by atomic mass is 16.5. The SMILES string of the molecule is Cc1cccnc1C(N)C1CCOCC1. The van der Waals surface area contributed by atoms with Crippen molar-refractivity contribution in [3.63, 3.8) is 0 Å². The molecule has 1 saturated heterocycles. The molecule has 2 N–H and O–H groups in total. The van der Waals surface area contributed by atoms with E-state index in [0.717, 1.165) is 31.7 Å². The van der Waals surface area contributed by atoms with Crippen LogP contribution in [0.2, 0.25) is 0 Å². The highest BCUT2D eigenvalue weighted by Crippen LogP contribution is 2.28. The molecule has 0 amide bonds. The van der Waals surface area contributed by atoms with E-state index in [1.54, 1.807) is 0 Å². The van der Waals surface area contributed by atoms with Crippen LogP contribution in [0, 0.1) is 12.8 Å². The smallest absolute Gasteiger partial charge is 0.0602 e. The number of nitrogens with two attached hydrogens (primary N) is 1. The van der Waals surface area contributed by atoms with Crippen LogP contribution in [0.3, 0.4) is 0 Å². The number of ether oxygens (including phenoxy) is 1. The van der Waals surface area contributed by atoms with Crippen molar-refractivity contribution in [2.75, 3.05) is 13.2 Å². The third-order valence-corrected chi connectivity index (χ3v) is 3.14. The maximum Gasteiger partial charge on any atom is 0.0602 e. The molecule has 1 unspecified atom stereocenters. The Labute approximate surface area is 90.7 Å². The normalized spacial score (nSPS) is 20.1. The topological polar surface area (TPSA) is 48.1 Å². The van der Waals surface area contributed by atoms with Crippen LogP contribution in [0.5, 0.6) is 0 Å². The van der Waals surface area contributed by atoms with Gasteiger partial charge in [-0.3, -0.25) is 4.98 Å². The minimum atomic E-state index is 0.0649. The second-order valence-electron chi connectivity index (χ2n) is 4.18. The van der Waals surface area contributed by atoms with E-state index in [0.29, 0.717) is 5.92 Å². The zero-order chi connectivity index (χ0) is 10.7. The summed E-state index contributed by atoms with van der Waals surface area (Å²) in [7, 11) is 0. The van der Waals surface area contributed by atoms with Crippen LogP contribution in [0.15, 0.2) is 18.3 Å². The number of rotatable bonds is 2. The molecule has 1 aliphatic heterocycles. The van der Waals surface area contributed by atoms with Gasteiger partial charge in [-0.05, 0) is 37.3 Å². The first kappa shape index (κ1) is 10.6. The van der Waals surface area contributed by atoms with Gasteiger partial charge in [-0.25, -0.2) is 0 Å². The van der Waals surface area contributed by atoms with Crippen molar-refractivity contribution in [1.29, 1.82) is 0 Å². The third-order valence-electron chi connectivity index (χ3n) is 3.14. The van der Waals surface area contributed by atoms with E-state index in [-0.39, 0.29) is 6.04 Å². The van der Waals surface area contributed by atoms with Crippen molar-refractivity contribution in [1.82, 2.24) is 4.98 Å². The van der Waals surface area contributed by atoms with E-state index in [2.05, 4.69) is 18.0 Å². The van der Waals surface area contributed by atoms with E-state index in [9.17, 15) is 0 Å². The summed E-state index contributed by atoms with van der Waals surface area (Å²) in [5.41, 5.74) is 8.49. The van der Waals surface area contributed by atoms with Gasteiger partial charge in [0.2, 0.25) is 0 Å². The molecule has 0 spiro atoms. The number of hydrogen-bond acceptors (Lipinski definition) is 3. The van der Waals surface area contributed by atoms with Crippen LogP contribution < -0.4 is 5.73 Å². The summed E-state index contributed by atoms with van der Waals surface area (Å²) in [4.78, 5) is 4.39. The molecule has 3 heteroatoms. The van der Waals surface area contributed by atoms with Gasteiger partial charge in [0.25, 0.3) is 0 Å². The fourth-order valence-electron chi connectivity index (χ4n) is 2.15. The lowest BCUT2D eigenvalue weighted by Gasteiger charge is -2.27. The molecule has 1 atom stereocenters. The molecule has 3 nitrogen and oxygen atoms in total. The van der Waals surface area contributed by atoms with Crippen molar-refractivity contribution in [2.24, 2.45) is 11.7 Å². The predicted octanol–water partition coefficient (Wildman–Crippen LogP) is 1.82. The average Bonchev–Trinajstić information content (AvgIpc) is 2.30. The van der Waals surface area contributed by atoms with Gasteiger partial charge in [-0.1, -0.05) is 6.07 Å². The number of pyridine rings is 1. The van der Waals surface area contributed by atoms with E-state index >= 15 is 0 Å². The number of aromatic nitrogens is 1. The summed E-state index contributed by atoms with van der Waals surface area (Å²) in [6, 6.07) is 4.09. The lowest BCUT2D eigenvalue weighted by molar-refractivity contribution is 0.0579. The van der Waals surface area contributed by atoms with Crippen molar-refractivity contribution < 1.29 is 4.74 Å². The first-order chi connectivity index (χ1) is 7.29. The van der Waals surface area contributed by atoms with E-state index in [4.69, 9.17) is 10.5 Å². The highest BCUT2D eigenvalue weighted by Gasteiger charge is 2.23. The molecule has 0 bridgehead atoms. The van der Waals surface area contributed by atoms with Crippen molar-refractivity contribution >= 4 is 0 Å². The predicted molar refractivity (Wildman–Crippen MR) is 59.4 cm³/mol. The fraction of sp³-hybridized carbons (Fsp3) is 0.583. The average molecular weight is 206 g/mol. The Morgan fingerprint density at radius 2 is 2.20 bits per heavy atom. The third kappa shape index (κ3) is 2.36. The van der Waals surface area contributed by atoms with Gasteiger partial charge < -0.3 is 10.5 Å². The second-order valence-corrected chi connectivity index (χ2v) is 4.18. The Balaban J connectivity index is 2.12. The molecular formula is C12H18N2O. The van der Waals surface area contributed by atoms with E-state index in [1.807, 2.05) is 12.3 Å². The largest absolute Gasteiger partial charge is 0.381 e. The van der Waals surface area contributed by atoms with Gasteiger partial charge in [-0.15, -0.1) is 0 Å². The Morgan fingerprint density at radius 3 is 2.87 bits per heavy atom. The quantitative estimate of drug-likeness (QED) is 0.803. The van der Waals surface area contributed by atoms with Crippen molar-refractivity contribution in [2.45, 2.75) is 25.8 Å². The van der Waals surface area contributed by atoms with Gasteiger partial charge >= 0.3 is 0 Å². The lowest BCUT2D eigenvalue weighted by Crippen LogP contribution is -2.28. The molecular weight excluding hydrogens is 188 g/mol. The Morgan fingerprint density at radius 1 is 1.47 bits per heavy atom. The molecule has 2 heterocycles. The Bertz CT molecular complexity index is 321. The molecule has 2 rings (SSSR count). The van der Waals surface area contributed by atoms with Crippen LogP contribution >= 0.6 is 0 Å². The van der Waals surface area contributed by atoms with Crippen LogP contribution in [0.4, 0.5) is 0 Å². The Kier molecular flexibility index (Phi) is 3.34. The molecule has 82 valence electrons. The minimum absolute atomic E-state index is 0.0649. The molecule has 1 aromatic heterocycles. The van der Waals surface area contributed by atoms with Crippen LogP contribution in [0.25, 0.3) is 0 Å². The first-order valence-electron chi connectivity index (χ1n) is 5.54. The van der Waals surface area contributed by atoms with Crippen molar-refractivity contribution in [3.05, 3.63) is 29.6 Å². The molecule has 1 aromatic rings. The number of nitrogens with zero attached hydrogens (tertiary/aromatic N) is 1. The molecule has 0 saturated carbocycles. The zero-order valence-electron chi connectivity index (χ0n) is 9.15. The summed E-state index contributed by atoms with van der Waals surface area (Å²) in [6.45, 7) is 3.75. The van der Waals surface area contributed by atoms with E-state index < -0.39 is 0 Å². The maximum atomic E-state index is 6.25. The monoisotopic (exact) mass is 206 g/mol. The van der Waals surface area contributed by atoms with E-state index in [1.165, 1.54) is 5.56 Å². The summed E-state index contributed by atoms with van der Waals surface area (Å²) in [5.74, 6) is 0.521. The Hall–Kier alpha value is -0.930. The molecule has 0 aromatic carbocycles. The number of hydrogen-bond donors (Lipinski definition) is 1. The molecule has 1 aliphatic rings. The van der Waals surface area contributed by atoms with Gasteiger partial charge in [0, 0.05) is 19.4 Å². The molecule has 1 fully saturated rings. The summed E-state index contributed by atoms with van der Waals surface area (Å²) < 4.78 is 5.34. The fourth-order valence-corrected chi connectivity index (χ4v) is 2.15. The molecule has 15 heavy (non-hydrogen) atoms. The zero-order valence-corrected chi connectivity index (χ0v) is 9.15. The number of aryl methyl sites for hydroxylation is 1. The summed E-state index contributed by atoms with van der Waals surface area (Å²) in [6.07, 6.45) is 3.93. The van der Waals surface area contributed by atoms with Crippen LogP contribution in [-0.4, -0.2) is 18.2 Å². The van der Waals surface area contributed by atoms with Crippen molar-refractivity contribution in [3.8, 4) is 0 Å². The lowest BCUT2D eigenvalue weighted by atomic mass is 9.89. The van der Waals surface area contributed by atoms with Gasteiger partial charge in [0.15, 0.2) is 0 Å². The van der Waals surface area contributed by atoms with Gasteiger partial charge in [-0.2, -0.15) is 0 Å². The summed E-state index contributed by atoms with van der Waals surface area (Å²) >= 11 is 0. The highest BCUT2D eigenvalue weighted by molar-refractivity contribution is 5.21. The van der Waals surface area contributed by atoms with Crippen LogP contribution in [-0.2, 0) is 4.74 Å². The maximum absolute atomic E-state index is 6.25. The summed E-state index contributed by atoms with van der Waals surface area (Å²) in [5, 5.41) is 0. The van der Waals surface area contributed by atoms with Gasteiger partial charge in [0.05, 0.1) is 11.7 Å². The molecule has 0 radical (unpaired) electrons. The first-order valence-corrected chi connectivity index (χ1v) is 5.54. The minimum Gasteiger partial charge on any atom is -0.381 e. The molecule has 0 aliphatic carbocycles. The van der Waals surface area contributed by atoms with Gasteiger partial charge in [0.1, 0.15) is 0 Å².